The highest BCUT2D eigenvalue weighted by molar-refractivity contribution is 7.11. The van der Waals surface area contributed by atoms with E-state index < -0.39 is 0 Å². The van der Waals surface area contributed by atoms with Crippen molar-refractivity contribution in [3.63, 3.8) is 0 Å². The minimum absolute atomic E-state index is 0.806. The summed E-state index contributed by atoms with van der Waals surface area (Å²) >= 11 is 1.91. The first-order valence-electron chi connectivity index (χ1n) is 6.67. The quantitative estimate of drug-likeness (QED) is 0.760. The van der Waals surface area contributed by atoms with E-state index in [1.165, 1.54) is 55.1 Å². The van der Waals surface area contributed by atoms with E-state index in [0.717, 1.165) is 12.5 Å². The number of aryl methyl sites for hydroxylation is 1. The van der Waals surface area contributed by atoms with Crippen molar-refractivity contribution in [2.75, 3.05) is 26.7 Å². The van der Waals surface area contributed by atoms with Crippen molar-refractivity contribution in [3.8, 4) is 0 Å². The fourth-order valence-corrected chi connectivity index (χ4v) is 3.42. The van der Waals surface area contributed by atoms with Crippen LogP contribution in [0.15, 0.2) is 6.20 Å². The van der Waals surface area contributed by atoms with Crippen LogP contribution in [-0.4, -0.2) is 31.7 Å². The van der Waals surface area contributed by atoms with Gasteiger partial charge in [-0.15, -0.1) is 11.3 Å². The molecule has 0 bridgehead atoms. The predicted octanol–water partition coefficient (Wildman–Crippen LogP) is 1.84. The molecule has 0 spiro atoms. The van der Waals surface area contributed by atoms with Crippen LogP contribution in [0.5, 0.6) is 0 Å². The van der Waals surface area contributed by atoms with Gasteiger partial charge in [-0.25, -0.2) is 4.98 Å². The Bertz CT molecular complexity index is 318. The van der Waals surface area contributed by atoms with E-state index in [-0.39, 0.29) is 0 Å². The summed E-state index contributed by atoms with van der Waals surface area (Å²) in [4.78, 5) is 6.00. The topological polar surface area (TPSA) is 37.0 Å². The van der Waals surface area contributed by atoms with Crippen molar-refractivity contribution in [1.82, 2.24) is 15.6 Å². The summed E-state index contributed by atoms with van der Waals surface area (Å²) in [6.45, 7) is 3.47. The van der Waals surface area contributed by atoms with E-state index in [0.29, 0.717) is 0 Å². The van der Waals surface area contributed by atoms with E-state index in [9.17, 15) is 0 Å². The van der Waals surface area contributed by atoms with Crippen LogP contribution in [0, 0.1) is 5.92 Å². The summed E-state index contributed by atoms with van der Waals surface area (Å²) in [6, 6.07) is 0. The molecule has 0 radical (unpaired) electrons. The van der Waals surface area contributed by atoms with E-state index in [4.69, 9.17) is 0 Å². The lowest BCUT2D eigenvalue weighted by molar-refractivity contribution is 0.376. The summed E-state index contributed by atoms with van der Waals surface area (Å²) in [7, 11) is 2.01. The Morgan fingerprint density at radius 2 is 2.53 bits per heavy atom. The largest absolute Gasteiger partial charge is 0.320 e. The average Bonchev–Trinajstić information content (AvgIpc) is 2.79. The molecule has 0 saturated carbocycles. The van der Waals surface area contributed by atoms with E-state index >= 15 is 0 Å². The number of nitrogens with one attached hydrogen (secondary N) is 2. The molecule has 1 unspecified atom stereocenters. The zero-order chi connectivity index (χ0) is 11.9. The third kappa shape index (κ3) is 4.37. The van der Waals surface area contributed by atoms with E-state index in [1.54, 1.807) is 0 Å². The van der Waals surface area contributed by atoms with Gasteiger partial charge in [0.15, 0.2) is 0 Å². The van der Waals surface area contributed by atoms with Crippen LogP contribution < -0.4 is 10.6 Å². The van der Waals surface area contributed by atoms with Crippen LogP contribution in [0.3, 0.4) is 0 Å². The smallest absolute Gasteiger partial charge is 0.0930 e. The minimum Gasteiger partial charge on any atom is -0.320 e. The lowest BCUT2D eigenvalue weighted by Crippen LogP contribution is -2.30. The fraction of sp³-hybridized carbons (Fsp3) is 0.769. The maximum atomic E-state index is 4.56. The Hall–Kier alpha value is -0.450. The average molecular weight is 253 g/mol. The SMILES string of the molecule is CNCCCc1cnc(CC2CCCNC2)s1. The van der Waals surface area contributed by atoms with Crippen LogP contribution in [0.25, 0.3) is 0 Å². The van der Waals surface area contributed by atoms with Crippen LogP contribution in [0.4, 0.5) is 0 Å². The molecule has 0 aromatic carbocycles. The first-order chi connectivity index (χ1) is 8.38. The third-order valence-corrected chi connectivity index (χ3v) is 4.39. The molecule has 1 aliphatic rings. The van der Waals surface area contributed by atoms with Gasteiger partial charge in [-0.3, -0.25) is 0 Å². The molecule has 2 N–H and O–H groups in total. The standard InChI is InChI=1S/C13H23N3S/c1-14-6-3-5-12-10-16-13(17-12)8-11-4-2-7-15-9-11/h10-11,14-15H,2-9H2,1H3. The molecule has 1 aromatic rings. The van der Waals surface area contributed by atoms with Gasteiger partial charge in [-0.05, 0) is 58.3 Å². The van der Waals surface area contributed by atoms with Gasteiger partial charge in [0, 0.05) is 17.5 Å². The fourth-order valence-electron chi connectivity index (χ4n) is 2.34. The Morgan fingerprint density at radius 1 is 1.59 bits per heavy atom. The normalized spacial score (nSPS) is 20.6. The monoisotopic (exact) mass is 253 g/mol. The Morgan fingerprint density at radius 3 is 3.29 bits per heavy atom. The summed E-state index contributed by atoms with van der Waals surface area (Å²) in [5.74, 6) is 0.806. The molecule has 1 atom stereocenters. The second-order valence-corrected chi connectivity index (χ2v) is 6.04. The zero-order valence-corrected chi connectivity index (χ0v) is 11.5. The Balaban J connectivity index is 1.76. The van der Waals surface area contributed by atoms with Gasteiger partial charge in [-0.1, -0.05) is 0 Å². The zero-order valence-electron chi connectivity index (χ0n) is 10.7. The number of rotatable bonds is 6. The van der Waals surface area contributed by atoms with E-state index in [2.05, 4.69) is 21.8 Å². The summed E-state index contributed by atoms with van der Waals surface area (Å²) in [5, 5.41) is 7.99. The molecule has 1 saturated heterocycles. The number of nitrogens with zero attached hydrogens (tertiary/aromatic N) is 1. The predicted molar refractivity (Wildman–Crippen MR) is 73.7 cm³/mol. The maximum Gasteiger partial charge on any atom is 0.0930 e. The molecule has 2 heterocycles. The molecule has 96 valence electrons. The van der Waals surface area contributed by atoms with Crippen molar-refractivity contribution in [2.45, 2.75) is 32.1 Å². The molecule has 0 aliphatic carbocycles. The number of thiazole rings is 1. The number of piperidine rings is 1. The van der Waals surface area contributed by atoms with Gasteiger partial charge in [0.05, 0.1) is 5.01 Å². The highest BCUT2D eigenvalue weighted by Gasteiger charge is 2.15. The van der Waals surface area contributed by atoms with Gasteiger partial charge in [-0.2, -0.15) is 0 Å². The summed E-state index contributed by atoms with van der Waals surface area (Å²) < 4.78 is 0. The van der Waals surface area contributed by atoms with Crippen LogP contribution >= 0.6 is 11.3 Å². The number of hydrogen-bond acceptors (Lipinski definition) is 4. The number of hydrogen-bond donors (Lipinski definition) is 2. The minimum atomic E-state index is 0.806. The maximum absolute atomic E-state index is 4.56. The van der Waals surface area contributed by atoms with Crippen molar-refractivity contribution in [3.05, 3.63) is 16.1 Å². The van der Waals surface area contributed by atoms with Crippen molar-refractivity contribution in [1.29, 1.82) is 0 Å². The molecular weight excluding hydrogens is 230 g/mol. The van der Waals surface area contributed by atoms with Crippen molar-refractivity contribution >= 4 is 11.3 Å². The highest BCUT2D eigenvalue weighted by Crippen LogP contribution is 2.21. The molecular formula is C13H23N3S. The van der Waals surface area contributed by atoms with Crippen LogP contribution in [-0.2, 0) is 12.8 Å². The lowest BCUT2D eigenvalue weighted by Gasteiger charge is -2.21. The summed E-state index contributed by atoms with van der Waals surface area (Å²) in [6.07, 6.45) is 8.31. The molecule has 1 fully saturated rings. The first kappa shape index (κ1) is 13.0. The van der Waals surface area contributed by atoms with Crippen molar-refractivity contribution in [2.24, 2.45) is 5.92 Å². The molecule has 17 heavy (non-hydrogen) atoms. The second-order valence-electron chi connectivity index (χ2n) is 4.84. The lowest BCUT2D eigenvalue weighted by atomic mass is 9.97. The van der Waals surface area contributed by atoms with Gasteiger partial charge >= 0.3 is 0 Å². The van der Waals surface area contributed by atoms with Crippen molar-refractivity contribution < 1.29 is 0 Å². The van der Waals surface area contributed by atoms with Crippen LogP contribution in [0.1, 0.15) is 29.1 Å². The molecule has 3 nitrogen and oxygen atoms in total. The first-order valence-corrected chi connectivity index (χ1v) is 7.49. The molecule has 2 rings (SSSR count). The highest BCUT2D eigenvalue weighted by atomic mass is 32.1. The van der Waals surface area contributed by atoms with Gasteiger partial charge < -0.3 is 10.6 Å². The molecule has 4 heteroatoms. The molecule has 1 aromatic heterocycles. The summed E-state index contributed by atoms with van der Waals surface area (Å²) in [5.41, 5.74) is 0. The van der Waals surface area contributed by atoms with Crippen LogP contribution in [0.2, 0.25) is 0 Å². The Labute approximate surface area is 108 Å². The molecule has 0 amide bonds. The third-order valence-electron chi connectivity index (χ3n) is 3.31. The molecule has 1 aliphatic heterocycles. The van der Waals surface area contributed by atoms with Gasteiger partial charge in [0.1, 0.15) is 0 Å². The van der Waals surface area contributed by atoms with E-state index in [1.807, 2.05) is 18.4 Å². The Kier molecular flexibility index (Phi) is 5.42. The second kappa shape index (κ2) is 7.09. The van der Waals surface area contributed by atoms with Gasteiger partial charge in [0.2, 0.25) is 0 Å². The van der Waals surface area contributed by atoms with Gasteiger partial charge in [0.25, 0.3) is 0 Å². The number of aromatic nitrogens is 1.